The van der Waals surface area contributed by atoms with E-state index in [0.29, 0.717) is 28.7 Å². The Hall–Kier alpha value is -3.05. The highest BCUT2D eigenvalue weighted by Crippen LogP contribution is 2.23. The zero-order valence-electron chi connectivity index (χ0n) is 19.8. The highest BCUT2D eigenvalue weighted by Gasteiger charge is 2.06. The van der Waals surface area contributed by atoms with Crippen LogP contribution in [0.15, 0.2) is 70.2 Å². The number of carbonyl (C=O) groups is 1. The quantitative estimate of drug-likeness (QED) is 0.145. The molecule has 0 saturated heterocycles. The van der Waals surface area contributed by atoms with E-state index in [1.165, 1.54) is 51.2 Å². The Balaban J connectivity index is 1.36. The molecule has 0 aliphatic heterocycles. The van der Waals surface area contributed by atoms with Crippen LogP contribution in [0.25, 0.3) is 11.3 Å². The highest BCUT2D eigenvalue weighted by molar-refractivity contribution is 6.30. The summed E-state index contributed by atoms with van der Waals surface area (Å²) in [4.78, 5) is 12.3. The van der Waals surface area contributed by atoms with Gasteiger partial charge in [-0.1, -0.05) is 63.5 Å². The van der Waals surface area contributed by atoms with E-state index in [1.807, 2.05) is 30.3 Å². The molecule has 3 rings (SSSR count). The average molecular weight is 481 g/mol. The minimum Gasteiger partial charge on any atom is -0.494 e. The van der Waals surface area contributed by atoms with E-state index < -0.39 is 0 Å². The van der Waals surface area contributed by atoms with Gasteiger partial charge in [-0.25, -0.2) is 5.43 Å². The van der Waals surface area contributed by atoms with Crippen LogP contribution < -0.4 is 10.2 Å². The van der Waals surface area contributed by atoms with Gasteiger partial charge in [-0.2, -0.15) is 5.10 Å². The number of hydrogen-bond donors (Lipinski definition) is 1. The molecule has 0 aliphatic carbocycles. The Morgan fingerprint density at radius 1 is 0.912 bits per heavy atom. The van der Waals surface area contributed by atoms with Crippen LogP contribution in [0, 0.1) is 0 Å². The molecule has 3 aromatic rings. The summed E-state index contributed by atoms with van der Waals surface area (Å²) in [5, 5.41) is 4.66. The van der Waals surface area contributed by atoms with Crippen LogP contribution in [-0.4, -0.2) is 18.7 Å². The third-order valence-corrected chi connectivity index (χ3v) is 5.75. The van der Waals surface area contributed by atoms with Crippen LogP contribution in [0.1, 0.15) is 74.4 Å². The van der Waals surface area contributed by atoms with Crippen molar-refractivity contribution in [1.82, 2.24) is 5.43 Å². The number of halogens is 1. The molecule has 0 saturated carbocycles. The van der Waals surface area contributed by atoms with Crippen molar-refractivity contribution in [3.63, 3.8) is 0 Å². The van der Waals surface area contributed by atoms with E-state index in [2.05, 4.69) is 17.5 Å². The first kappa shape index (κ1) is 25.6. The molecule has 0 aliphatic rings. The molecular formula is C28H33ClN2O3. The highest BCUT2D eigenvalue weighted by atomic mass is 35.5. The lowest BCUT2D eigenvalue weighted by molar-refractivity contribution is 0.0955. The van der Waals surface area contributed by atoms with Gasteiger partial charge in [0.2, 0.25) is 0 Å². The number of benzene rings is 2. The Bertz CT molecular complexity index is 1030. The van der Waals surface area contributed by atoms with Gasteiger partial charge in [0.25, 0.3) is 5.91 Å². The van der Waals surface area contributed by atoms with Gasteiger partial charge >= 0.3 is 0 Å². The number of hydrogen-bond acceptors (Lipinski definition) is 4. The number of unbranched alkanes of at least 4 members (excludes halogenated alkanes) is 7. The maximum atomic E-state index is 12.3. The van der Waals surface area contributed by atoms with Crippen molar-refractivity contribution in [3.05, 3.63) is 77.0 Å². The average Bonchev–Trinajstić information content (AvgIpc) is 3.32. The SMILES string of the molecule is CCCCCCCCCCOc1ccc(C(=O)N/N=C/c2ccc(-c3ccc(Cl)cc3)o2)cc1. The van der Waals surface area contributed by atoms with Crippen LogP contribution in [-0.2, 0) is 0 Å². The van der Waals surface area contributed by atoms with Gasteiger partial charge in [0.15, 0.2) is 0 Å². The lowest BCUT2D eigenvalue weighted by Gasteiger charge is -2.07. The molecule has 0 bridgehead atoms. The summed E-state index contributed by atoms with van der Waals surface area (Å²) in [7, 11) is 0. The first-order valence-corrected chi connectivity index (χ1v) is 12.5. The molecule has 1 amide bonds. The number of furan rings is 1. The van der Waals surface area contributed by atoms with E-state index >= 15 is 0 Å². The van der Waals surface area contributed by atoms with Crippen molar-refractivity contribution in [3.8, 4) is 17.1 Å². The molecule has 1 heterocycles. The molecule has 6 heteroatoms. The fourth-order valence-corrected chi connectivity index (χ4v) is 3.67. The molecule has 2 aromatic carbocycles. The molecule has 1 aromatic heterocycles. The van der Waals surface area contributed by atoms with Gasteiger partial charge in [0.05, 0.1) is 12.8 Å². The maximum Gasteiger partial charge on any atom is 0.271 e. The van der Waals surface area contributed by atoms with Gasteiger partial charge in [0, 0.05) is 16.1 Å². The minimum atomic E-state index is -0.296. The molecule has 0 atom stereocenters. The first-order valence-electron chi connectivity index (χ1n) is 12.1. The third kappa shape index (κ3) is 8.71. The molecule has 5 nitrogen and oxygen atoms in total. The van der Waals surface area contributed by atoms with Crippen LogP contribution in [0.3, 0.4) is 0 Å². The summed E-state index contributed by atoms with van der Waals surface area (Å²) in [6, 6.07) is 18.1. The summed E-state index contributed by atoms with van der Waals surface area (Å²) >= 11 is 5.92. The molecule has 0 unspecified atom stereocenters. The Morgan fingerprint density at radius 2 is 1.59 bits per heavy atom. The maximum absolute atomic E-state index is 12.3. The van der Waals surface area contributed by atoms with E-state index in [-0.39, 0.29) is 5.91 Å². The van der Waals surface area contributed by atoms with Gasteiger partial charge in [-0.3, -0.25) is 4.79 Å². The zero-order valence-corrected chi connectivity index (χ0v) is 20.5. The summed E-state index contributed by atoms with van der Waals surface area (Å²) in [5.74, 6) is 1.71. The molecule has 34 heavy (non-hydrogen) atoms. The van der Waals surface area contributed by atoms with E-state index in [9.17, 15) is 4.79 Å². The molecule has 0 spiro atoms. The Morgan fingerprint density at radius 3 is 2.29 bits per heavy atom. The first-order chi connectivity index (χ1) is 16.7. The van der Waals surface area contributed by atoms with Crippen LogP contribution >= 0.6 is 11.6 Å². The molecule has 0 fully saturated rings. The summed E-state index contributed by atoms with van der Waals surface area (Å²) < 4.78 is 11.5. The van der Waals surface area contributed by atoms with Crippen molar-refractivity contribution in [2.45, 2.75) is 58.3 Å². The predicted octanol–water partition coefficient (Wildman–Crippen LogP) is 7.88. The van der Waals surface area contributed by atoms with Crippen LogP contribution in [0.2, 0.25) is 5.02 Å². The smallest absolute Gasteiger partial charge is 0.271 e. The van der Waals surface area contributed by atoms with Crippen LogP contribution in [0.4, 0.5) is 0 Å². The number of rotatable bonds is 14. The number of hydrazone groups is 1. The van der Waals surface area contributed by atoms with E-state index in [0.717, 1.165) is 17.7 Å². The van der Waals surface area contributed by atoms with E-state index in [1.54, 1.807) is 30.3 Å². The second-order valence-electron chi connectivity index (χ2n) is 8.26. The topological polar surface area (TPSA) is 63.8 Å². The second-order valence-corrected chi connectivity index (χ2v) is 8.69. The van der Waals surface area contributed by atoms with Crippen molar-refractivity contribution in [1.29, 1.82) is 0 Å². The lowest BCUT2D eigenvalue weighted by atomic mass is 10.1. The van der Waals surface area contributed by atoms with Gasteiger partial charge in [-0.05, 0) is 67.1 Å². The predicted molar refractivity (Wildman–Crippen MR) is 139 cm³/mol. The minimum absolute atomic E-state index is 0.296. The lowest BCUT2D eigenvalue weighted by Crippen LogP contribution is -2.17. The van der Waals surface area contributed by atoms with E-state index in [4.69, 9.17) is 20.8 Å². The Kier molecular flexibility index (Phi) is 10.7. The largest absolute Gasteiger partial charge is 0.494 e. The van der Waals surface area contributed by atoms with Crippen molar-refractivity contribution in [2.75, 3.05) is 6.61 Å². The molecule has 0 radical (unpaired) electrons. The number of nitrogens with one attached hydrogen (secondary N) is 1. The second kappa shape index (κ2) is 14.3. The van der Waals surface area contributed by atoms with Gasteiger partial charge < -0.3 is 9.15 Å². The van der Waals surface area contributed by atoms with Crippen molar-refractivity contribution < 1.29 is 13.9 Å². The zero-order chi connectivity index (χ0) is 24.0. The monoisotopic (exact) mass is 480 g/mol. The number of ether oxygens (including phenoxy) is 1. The standard InChI is InChI=1S/C28H33ClN2O3/c1-2-3-4-5-6-7-8-9-20-33-25-16-12-23(13-17-25)28(32)31-30-21-26-18-19-27(34-26)22-10-14-24(29)15-11-22/h10-19,21H,2-9,20H2,1H3,(H,31,32)/b30-21+. The molecule has 1 N–H and O–H groups in total. The number of amides is 1. The van der Waals surface area contributed by atoms with Crippen LogP contribution in [0.5, 0.6) is 5.75 Å². The molecule has 180 valence electrons. The summed E-state index contributed by atoms with van der Waals surface area (Å²) in [6.07, 6.45) is 11.6. The van der Waals surface area contributed by atoms with Gasteiger partial charge in [0.1, 0.15) is 17.3 Å². The fraction of sp³-hybridized carbons (Fsp3) is 0.357. The van der Waals surface area contributed by atoms with Crippen molar-refractivity contribution >= 4 is 23.7 Å². The fourth-order valence-electron chi connectivity index (χ4n) is 3.54. The van der Waals surface area contributed by atoms with Gasteiger partial charge in [-0.15, -0.1) is 0 Å². The third-order valence-electron chi connectivity index (χ3n) is 5.50. The summed E-state index contributed by atoms with van der Waals surface area (Å²) in [5.41, 5.74) is 3.95. The van der Waals surface area contributed by atoms with Crippen molar-refractivity contribution in [2.24, 2.45) is 5.10 Å². The normalized spacial score (nSPS) is 11.1. The molecular weight excluding hydrogens is 448 g/mol. The summed E-state index contributed by atoms with van der Waals surface area (Å²) in [6.45, 7) is 2.94. The number of carbonyl (C=O) groups excluding carboxylic acids is 1. The number of nitrogens with zero attached hydrogens (tertiary/aromatic N) is 1. The Labute approximate surface area is 207 Å².